The number of methoxy groups -OCH3 is 2. The highest BCUT2D eigenvalue weighted by Gasteiger charge is 2.54. The molecular weight excluding hydrogens is 863 g/mol. The summed E-state index contributed by atoms with van der Waals surface area (Å²) in [6, 6.07) is 9.32. The fourth-order valence-electron chi connectivity index (χ4n) is 10.3. The monoisotopic (exact) mass is 910 g/mol. The maximum Gasteiger partial charge on any atom is 0.410 e. The first-order chi connectivity index (χ1) is 32.2. The van der Waals surface area contributed by atoms with Crippen molar-refractivity contribution in [2.24, 2.45) is 0 Å². The molecule has 2 saturated heterocycles. The van der Waals surface area contributed by atoms with Gasteiger partial charge in [-0.3, -0.25) is 9.59 Å². The first kappa shape index (κ1) is 42.4. The summed E-state index contributed by atoms with van der Waals surface area (Å²) in [6.45, 7) is 9.16. The molecule has 4 aromatic heterocycles. The van der Waals surface area contributed by atoms with Gasteiger partial charge >= 0.3 is 6.09 Å². The number of benzene rings is 2. The van der Waals surface area contributed by atoms with E-state index in [-0.39, 0.29) is 34.8 Å². The van der Waals surface area contributed by atoms with Crippen LogP contribution in [0.15, 0.2) is 48.8 Å². The number of rotatable bonds is 4. The first-order valence-electron chi connectivity index (χ1n) is 22.3. The number of fused-ring (bicyclic) bond motifs is 12. The van der Waals surface area contributed by atoms with Crippen molar-refractivity contribution >= 4 is 17.9 Å². The summed E-state index contributed by atoms with van der Waals surface area (Å²) in [5, 5.41) is 9.42. The van der Waals surface area contributed by atoms with Crippen molar-refractivity contribution in [3.8, 4) is 57.1 Å². The van der Waals surface area contributed by atoms with Gasteiger partial charge < -0.3 is 45.0 Å². The molecule has 5 N–H and O–H groups in total. The number of likely N-dealkylation sites (tertiary alicyclic amines) is 1. The zero-order valence-corrected chi connectivity index (χ0v) is 37.6. The molecule has 8 heterocycles. The van der Waals surface area contributed by atoms with Crippen LogP contribution in [0.3, 0.4) is 0 Å². The number of amides is 3. The quantitative estimate of drug-likeness (QED) is 0.148. The van der Waals surface area contributed by atoms with Crippen LogP contribution in [-0.2, 0) is 41.3 Å². The maximum atomic E-state index is 14.4. The molecule has 4 aliphatic heterocycles. The van der Waals surface area contributed by atoms with Gasteiger partial charge in [-0.25, -0.2) is 33.5 Å². The minimum Gasteiger partial charge on any atom is -0.494 e. The first-order valence-corrected chi connectivity index (χ1v) is 22.3. The van der Waals surface area contributed by atoms with Crippen LogP contribution >= 0.6 is 0 Å². The van der Waals surface area contributed by atoms with Crippen molar-refractivity contribution in [2.45, 2.75) is 62.9 Å². The van der Waals surface area contributed by atoms with E-state index >= 15 is 0 Å². The zero-order chi connectivity index (χ0) is 46.6. The SMILES string of the molecule is COc1ccc(-c2ncc3c(n2)-c2[nH]c4c(c2CC3)C(=O)NCC42CN(C(=O)OC(C)(C)C)C2)cc1F.COc1ccc(-c2ncc3c(n2)-c2[nH]c4c(c2CC3)C(=O)NCC42CNC2)cc1F. The second-order valence-corrected chi connectivity index (χ2v) is 19.2. The Bertz CT molecular complexity index is 3070. The lowest BCUT2D eigenvalue weighted by molar-refractivity contribution is -0.0113. The summed E-state index contributed by atoms with van der Waals surface area (Å²) >= 11 is 0. The summed E-state index contributed by atoms with van der Waals surface area (Å²) in [4.78, 5) is 65.6. The third-order valence-corrected chi connectivity index (χ3v) is 13.8. The Morgan fingerprint density at radius 1 is 0.687 bits per heavy atom. The van der Waals surface area contributed by atoms with Gasteiger partial charge in [0, 0.05) is 74.2 Å². The zero-order valence-electron chi connectivity index (χ0n) is 37.6. The van der Waals surface area contributed by atoms with E-state index in [4.69, 9.17) is 24.2 Å². The Labute approximate surface area is 383 Å². The number of nitrogens with one attached hydrogen (secondary N) is 5. The molecule has 0 saturated carbocycles. The average Bonchev–Trinajstić information content (AvgIpc) is 3.89. The summed E-state index contributed by atoms with van der Waals surface area (Å²) in [7, 11) is 2.85. The molecule has 12 rings (SSSR count). The maximum absolute atomic E-state index is 14.4. The summed E-state index contributed by atoms with van der Waals surface area (Å²) in [5.41, 5.74) is 10.4. The lowest BCUT2D eigenvalue weighted by atomic mass is 9.72. The van der Waals surface area contributed by atoms with Gasteiger partial charge in [0.15, 0.2) is 34.8 Å². The van der Waals surface area contributed by atoms with Crippen molar-refractivity contribution in [3.05, 3.63) is 105 Å². The van der Waals surface area contributed by atoms with Crippen LogP contribution in [0.2, 0.25) is 0 Å². The number of hydrogen-bond acceptors (Lipinski definition) is 11. The van der Waals surface area contributed by atoms with E-state index in [0.29, 0.717) is 73.1 Å². The van der Waals surface area contributed by atoms with E-state index in [9.17, 15) is 23.2 Å². The predicted octanol–water partition coefficient (Wildman–Crippen LogP) is 5.59. The second kappa shape index (κ2) is 15.4. The fraction of sp³-hybridized carbons (Fsp3) is 0.367. The topological polar surface area (TPSA) is 201 Å². The number of carbonyl (C=O) groups is 3. The van der Waals surface area contributed by atoms with Gasteiger partial charge in [-0.05, 0) is 105 Å². The largest absolute Gasteiger partial charge is 0.494 e. The summed E-state index contributed by atoms with van der Waals surface area (Å²) in [6.07, 6.45) is 6.12. The molecule has 0 atom stereocenters. The molecule has 3 amide bonds. The molecule has 2 aliphatic carbocycles. The highest BCUT2D eigenvalue weighted by molar-refractivity contribution is 6.02. The normalized spacial score (nSPS) is 17.7. The lowest BCUT2D eigenvalue weighted by Gasteiger charge is -2.51. The molecule has 6 aliphatic rings. The van der Waals surface area contributed by atoms with Crippen molar-refractivity contribution < 1.29 is 37.4 Å². The molecule has 2 spiro atoms. The molecular formula is C49H48F2N10O6. The highest BCUT2D eigenvalue weighted by Crippen LogP contribution is 2.46. The minimum absolute atomic E-state index is 0.0185. The molecule has 0 radical (unpaired) electrons. The van der Waals surface area contributed by atoms with Crippen LogP contribution in [0.5, 0.6) is 11.5 Å². The Morgan fingerprint density at radius 3 is 1.60 bits per heavy atom. The van der Waals surface area contributed by atoms with Gasteiger partial charge in [-0.2, -0.15) is 0 Å². The van der Waals surface area contributed by atoms with Gasteiger partial charge in [-0.15, -0.1) is 0 Å². The molecule has 0 bridgehead atoms. The Morgan fingerprint density at radius 2 is 1.16 bits per heavy atom. The summed E-state index contributed by atoms with van der Waals surface area (Å²) in [5.74, 6) is 0.0808. The van der Waals surface area contributed by atoms with Crippen LogP contribution in [0, 0.1) is 11.6 Å². The standard InChI is InChI=1S/C27H28FN5O4.C22H20FN5O2/c1-26(2,3)37-25(35)33-12-27(13-33)11-30-24(34)19-16-7-5-15-10-29-23(32-20(15)21(16)31-22(19)27)14-6-8-18(36-4)17(28)9-14;1-30-15-5-3-11(6-14(15)23)20-25-7-12-2-4-13-16-19(27-18(13)17(12)28-20)22(8-24-9-22)10-26-21(16)29/h6,8-10,31H,5,7,11-13H2,1-4H3,(H,30,34);3,5-7,24,27H,2,4,8-10H2,1H3,(H,26,29). The number of H-pyrrole nitrogens is 2. The number of aromatic amines is 2. The number of ether oxygens (including phenoxy) is 3. The van der Waals surface area contributed by atoms with Gasteiger partial charge in [-0.1, -0.05) is 0 Å². The Balaban J connectivity index is 0.000000151. The predicted molar refractivity (Wildman–Crippen MR) is 241 cm³/mol. The molecule has 6 aromatic rings. The number of aryl methyl sites for hydroxylation is 2. The van der Waals surface area contributed by atoms with Crippen molar-refractivity contribution in [3.63, 3.8) is 0 Å². The van der Waals surface area contributed by atoms with Gasteiger partial charge in [0.25, 0.3) is 11.8 Å². The van der Waals surface area contributed by atoms with Gasteiger partial charge in [0.1, 0.15) is 5.60 Å². The molecule has 67 heavy (non-hydrogen) atoms. The van der Waals surface area contributed by atoms with Crippen molar-refractivity contribution in [2.75, 3.05) is 53.5 Å². The second-order valence-electron chi connectivity index (χ2n) is 19.2. The van der Waals surface area contributed by atoms with E-state index in [1.807, 2.05) is 27.0 Å². The lowest BCUT2D eigenvalue weighted by Crippen LogP contribution is -2.67. The van der Waals surface area contributed by atoms with Gasteiger partial charge in [0.2, 0.25) is 0 Å². The van der Waals surface area contributed by atoms with E-state index in [1.165, 1.54) is 26.4 Å². The number of aromatic nitrogens is 6. The average molecular weight is 911 g/mol. The number of hydrogen-bond donors (Lipinski definition) is 5. The molecule has 2 aromatic carbocycles. The molecule has 344 valence electrons. The third-order valence-electron chi connectivity index (χ3n) is 13.8. The van der Waals surface area contributed by atoms with Crippen LogP contribution in [-0.4, -0.2) is 112 Å². The smallest absolute Gasteiger partial charge is 0.410 e. The number of nitrogens with zero attached hydrogens (tertiary/aromatic N) is 5. The van der Waals surface area contributed by atoms with Crippen molar-refractivity contribution in [1.82, 2.24) is 50.8 Å². The van der Waals surface area contributed by atoms with E-state index in [1.54, 1.807) is 35.4 Å². The minimum atomic E-state index is -0.578. The highest BCUT2D eigenvalue weighted by atomic mass is 19.1. The van der Waals surface area contributed by atoms with E-state index in [0.717, 1.165) is 82.2 Å². The molecule has 2 fully saturated rings. The molecule has 16 nitrogen and oxygen atoms in total. The van der Waals surface area contributed by atoms with Crippen LogP contribution < -0.4 is 25.4 Å². The van der Waals surface area contributed by atoms with Crippen LogP contribution in [0.1, 0.15) is 75.1 Å². The number of carbonyl (C=O) groups excluding carboxylic acids is 3. The van der Waals surface area contributed by atoms with E-state index in [2.05, 4.69) is 35.9 Å². The third kappa shape index (κ3) is 6.90. The molecule has 18 heteroatoms. The summed E-state index contributed by atoms with van der Waals surface area (Å²) < 4.78 is 44.1. The number of halogens is 2. The Hall–Kier alpha value is -7.21. The van der Waals surface area contributed by atoms with Crippen molar-refractivity contribution in [1.29, 1.82) is 0 Å². The molecule has 0 unspecified atom stereocenters. The van der Waals surface area contributed by atoms with Crippen LogP contribution in [0.4, 0.5) is 13.6 Å². The Kier molecular flexibility index (Phi) is 9.77. The van der Waals surface area contributed by atoms with E-state index < -0.39 is 22.7 Å². The fourth-order valence-corrected chi connectivity index (χ4v) is 10.3. The van der Waals surface area contributed by atoms with Crippen LogP contribution in [0.25, 0.3) is 45.6 Å². The van der Waals surface area contributed by atoms with Gasteiger partial charge in [0.05, 0.1) is 59.0 Å².